The summed E-state index contributed by atoms with van der Waals surface area (Å²) in [5.74, 6) is 0.541. The van der Waals surface area contributed by atoms with Crippen LogP contribution < -0.4 is 10.2 Å². The van der Waals surface area contributed by atoms with Crippen LogP contribution in [-0.4, -0.2) is 53.6 Å². The van der Waals surface area contributed by atoms with Crippen molar-refractivity contribution in [3.63, 3.8) is 0 Å². The Morgan fingerprint density at radius 2 is 1.75 bits per heavy atom. The van der Waals surface area contributed by atoms with Gasteiger partial charge in [-0.05, 0) is 36.1 Å². The molecule has 6 nitrogen and oxygen atoms in total. The number of piperazine rings is 1. The van der Waals surface area contributed by atoms with Crippen LogP contribution >= 0.6 is 11.8 Å². The number of carbonyl (C=O) groups is 1. The van der Waals surface area contributed by atoms with Crippen LogP contribution in [0.5, 0.6) is 0 Å². The molecule has 0 spiro atoms. The smallest absolute Gasteiger partial charge is 0.323 e. The highest BCUT2D eigenvalue weighted by Crippen LogP contribution is 2.23. The van der Waals surface area contributed by atoms with Crippen molar-refractivity contribution < 1.29 is 4.79 Å². The molecule has 1 aliphatic rings. The molecule has 1 saturated heterocycles. The molecule has 1 fully saturated rings. The van der Waals surface area contributed by atoms with E-state index in [9.17, 15) is 4.79 Å². The maximum Gasteiger partial charge on any atom is 0.323 e. The topological polar surface area (TPSA) is 64.3 Å². The predicted octanol–water partition coefficient (Wildman–Crippen LogP) is 4.15. The van der Waals surface area contributed by atoms with Crippen LogP contribution in [0.4, 0.5) is 16.3 Å². The molecular formula is C21H23N5OS. The predicted molar refractivity (Wildman–Crippen MR) is 115 cm³/mol. The van der Waals surface area contributed by atoms with Crippen LogP contribution in [0.25, 0.3) is 11.3 Å². The first-order valence-corrected chi connectivity index (χ1v) is 10.5. The summed E-state index contributed by atoms with van der Waals surface area (Å²) in [7, 11) is 0. The number of nitrogens with zero attached hydrogens (tertiary/aromatic N) is 3. The zero-order chi connectivity index (χ0) is 19.3. The Morgan fingerprint density at radius 3 is 2.43 bits per heavy atom. The van der Waals surface area contributed by atoms with E-state index in [1.807, 2.05) is 41.3 Å². The molecule has 2 N–H and O–H groups in total. The number of aromatic nitrogens is 2. The minimum atomic E-state index is -0.108. The number of aromatic amines is 1. The highest BCUT2D eigenvalue weighted by molar-refractivity contribution is 7.98. The third-order valence-corrected chi connectivity index (χ3v) is 5.65. The number of hydrogen-bond donors (Lipinski definition) is 2. The van der Waals surface area contributed by atoms with Gasteiger partial charge in [0.15, 0.2) is 5.82 Å². The second-order valence-corrected chi connectivity index (χ2v) is 7.51. The minimum Gasteiger partial charge on any atom is -0.368 e. The highest BCUT2D eigenvalue weighted by Gasteiger charge is 2.21. The minimum absolute atomic E-state index is 0.108. The molecule has 1 aliphatic heterocycles. The molecule has 144 valence electrons. The van der Waals surface area contributed by atoms with Crippen molar-refractivity contribution in [2.24, 2.45) is 0 Å². The molecule has 2 heterocycles. The first-order chi connectivity index (χ1) is 13.7. The lowest BCUT2D eigenvalue weighted by molar-refractivity contribution is 0.208. The number of benzene rings is 2. The van der Waals surface area contributed by atoms with Crippen molar-refractivity contribution in [1.29, 1.82) is 0 Å². The van der Waals surface area contributed by atoms with E-state index in [4.69, 9.17) is 0 Å². The van der Waals surface area contributed by atoms with E-state index in [1.54, 1.807) is 11.8 Å². The summed E-state index contributed by atoms with van der Waals surface area (Å²) in [6, 6.07) is 20.3. The third-order valence-electron chi connectivity index (χ3n) is 4.90. The number of nitrogens with one attached hydrogen (secondary N) is 2. The Labute approximate surface area is 168 Å². The molecule has 2 aromatic carbocycles. The Kier molecular flexibility index (Phi) is 5.53. The number of rotatable bonds is 4. The lowest BCUT2D eigenvalue weighted by Crippen LogP contribution is -2.50. The quantitative estimate of drug-likeness (QED) is 0.654. The lowest BCUT2D eigenvalue weighted by atomic mass is 10.1. The van der Waals surface area contributed by atoms with E-state index in [-0.39, 0.29) is 6.03 Å². The van der Waals surface area contributed by atoms with Crippen LogP contribution in [0.2, 0.25) is 0 Å². The van der Waals surface area contributed by atoms with Gasteiger partial charge in [-0.2, -0.15) is 5.10 Å². The van der Waals surface area contributed by atoms with Crippen LogP contribution in [0.1, 0.15) is 0 Å². The first-order valence-electron chi connectivity index (χ1n) is 9.29. The average molecular weight is 394 g/mol. The summed E-state index contributed by atoms with van der Waals surface area (Å²) in [4.78, 5) is 17.9. The molecule has 4 rings (SSSR count). The van der Waals surface area contributed by atoms with E-state index < -0.39 is 0 Å². The van der Waals surface area contributed by atoms with Gasteiger partial charge < -0.3 is 9.80 Å². The number of hydrogen-bond acceptors (Lipinski definition) is 4. The van der Waals surface area contributed by atoms with Crippen LogP contribution in [0.15, 0.2) is 65.6 Å². The van der Waals surface area contributed by atoms with E-state index in [0.29, 0.717) is 18.9 Å². The fourth-order valence-electron chi connectivity index (χ4n) is 3.30. The molecule has 28 heavy (non-hydrogen) atoms. The number of thioether (sulfide) groups is 1. The van der Waals surface area contributed by atoms with Crippen molar-refractivity contribution in [1.82, 2.24) is 15.1 Å². The van der Waals surface area contributed by atoms with Crippen molar-refractivity contribution in [2.75, 3.05) is 42.7 Å². The summed E-state index contributed by atoms with van der Waals surface area (Å²) >= 11 is 1.71. The first kappa shape index (κ1) is 18.4. The van der Waals surface area contributed by atoms with Gasteiger partial charge in [0.05, 0.1) is 5.69 Å². The van der Waals surface area contributed by atoms with Crippen molar-refractivity contribution >= 4 is 29.3 Å². The van der Waals surface area contributed by atoms with Gasteiger partial charge in [0.25, 0.3) is 0 Å². The summed E-state index contributed by atoms with van der Waals surface area (Å²) in [6.45, 7) is 3.03. The van der Waals surface area contributed by atoms with Crippen LogP contribution in [0.3, 0.4) is 0 Å². The summed E-state index contributed by atoms with van der Waals surface area (Å²) < 4.78 is 0. The monoisotopic (exact) mass is 393 g/mol. The second kappa shape index (κ2) is 8.39. The average Bonchev–Trinajstić information content (AvgIpc) is 3.23. The van der Waals surface area contributed by atoms with Gasteiger partial charge in [0.1, 0.15) is 0 Å². The number of H-pyrrole nitrogens is 1. The molecular weight excluding hydrogens is 370 g/mol. The van der Waals surface area contributed by atoms with E-state index in [2.05, 4.69) is 50.9 Å². The van der Waals surface area contributed by atoms with Gasteiger partial charge in [0, 0.05) is 42.8 Å². The molecule has 1 aromatic heterocycles. The summed E-state index contributed by atoms with van der Waals surface area (Å²) in [6.07, 6.45) is 2.05. The molecule has 0 atom stereocenters. The maximum atomic E-state index is 12.6. The van der Waals surface area contributed by atoms with Gasteiger partial charge in [-0.15, -0.1) is 11.8 Å². The van der Waals surface area contributed by atoms with E-state index in [1.165, 1.54) is 10.6 Å². The zero-order valence-corrected chi connectivity index (χ0v) is 16.6. The Hall–Kier alpha value is -2.93. The molecule has 2 amide bonds. The van der Waals surface area contributed by atoms with Crippen molar-refractivity contribution in [3.05, 3.63) is 60.7 Å². The number of para-hydroxylation sites is 1. The maximum absolute atomic E-state index is 12.6. The standard InChI is InChI=1S/C21H23N5OS/c1-28-18-9-7-16(8-10-18)19-15-20(24-23-19)22-21(27)26-13-11-25(12-14-26)17-5-3-2-4-6-17/h2-10,15H,11-14H2,1H3,(H2,22,23,24,27). The van der Waals surface area contributed by atoms with Crippen LogP contribution in [0, 0.1) is 0 Å². The number of anilines is 2. The Morgan fingerprint density at radius 1 is 1.04 bits per heavy atom. The normalized spacial score (nSPS) is 14.2. The third kappa shape index (κ3) is 4.14. The fraction of sp³-hybridized carbons (Fsp3) is 0.238. The zero-order valence-electron chi connectivity index (χ0n) is 15.8. The fourth-order valence-corrected chi connectivity index (χ4v) is 3.71. The highest BCUT2D eigenvalue weighted by atomic mass is 32.2. The van der Waals surface area contributed by atoms with E-state index >= 15 is 0 Å². The second-order valence-electron chi connectivity index (χ2n) is 6.64. The molecule has 7 heteroatoms. The molecule has 0 unspecified atom stereocenters. The number of amides is 2. The van der Waals surface area contributed by atoms with Gasteiger partial charge >= 0.3 is 6.03 Å². The summed E-state index contributed by atoms with van der Waals surface area (Å²) in [5.41, 5.74) is 3.13. The Bertz CT molecular complexity index is 917. The molecule has 0 bridgehead atoms. The molecule has 0 saturated carbocycles. The number of carbonyl (C=O) groups excluding carboxylic acids is 1. The van der Waals surface area contributed by atoms with Gasteiger partial charge in [-0.3, -0.25) is 10.4 Å². The van der Waals surface area contributed by atoms with Gasteiger partial charge in [0.2, 0.25) is 0 Å². The van der Waals surface area contributed by atoms with E-state index in [0.717, 1.165) is 24.3 Å². The molecule has 0 aliphatic carbocycles. The van der Waals surface area contributed by atoms with Gasteiger partial charge in [-0.25, -0.2) is 4.79 Å². The summed E-state index contributed by atoms with van der Waals surface area (Å²) in [5, 5.41) is 10.1. The van der Waals surface area contributed by atoms with Crippen LogP contribution in [-0.2, 0) is 0 Å². The number of urea groups is 1. The molecule has 0 radical (unpaired) electrons. The lowest BCUT2D eigenvalue weighted by Gasteiger charge is -2.35. The van der Waals surface area contributed by atoms with Crippen molar-refractivity contribution in [3.8, 4) is 11.3 Å². The SMILES string of the molecule is CSc1ccc(-c2cc(NC(=O)N3CCN(c4ccccc4)CC3)n[nH]2)cc1. The van der Waals surface area contributed by atoms with Gasteiger partial charge in [-0.1, -0.05) is 30.3 Å². The van der Waals surface area contributed by atoms with Crippen molar-refractivity contribution in [2.45, 2.75) is 4.90 Å². The largest absolute Gasteiger partial charge is 0.368 e. The Balaban J connectivity index is 1.34. The molecule has 3 aromatic rings.